The number of fused-ring (bicyclic) bond motifs is 1. The number of aryl methyl sites for hydroxylation is 2. The first-order valence-electron chi connectivity index (χ1n) is 11.0. The molecule has 8 heteroatoms. The summed E-state index contributed by atoms with van der Waals surface area (Å²) in [4.78, 5) is 27.4. The van der Waals surface area contributed by atoms with Gasteiger partial charge in [-0.2, -0.15) is 0 Å². The highest BCUT2D eigenvalue weighted by Gasteiger charge is 2.21. The van der Waals surface area contributed by atoms with E-state index >= 15 is 0 Å². The summed E-state index contributed by atoms with van der Waals surface area (Å²) < 4.78 is 5.55. The Morgan fingerprint density at radius 1 is 1.12 bits per heavy atom. The zero-order valence-electron chi connectivity index (χ0n) is 20.0. The summed E-state index contributed by atoms with van der Waals surface area (Å²) in [5, 5.41) is 5.06. The predicted molar refractivity (Wildman–Crippen MR) is 139 cm³/mol. The number of nitrogens with one attached hydrogen (secondary N) is 1. The van der Waals surface area contributed by atoms with Crippen LogP contribution in [0, 0.1) is 13.8 Å². The first kappa shape index (κ1) is 24.2. The van der Waals surface area contributed by atoms with Crippen LogP contribution in [0.5, 0.6) is 5.75 Å². The highest BCUT2D eigenvalue weighted by molar-refractivity contribution is 7.99. The highest BCUT2D eigenvalue weighted by atomic mass is 32.2. The van der Waals surface area contributed by atoms with Crippen molar-refractivity contribution in [1.82, 2.24) is 20.2 Å². The van der Waals surface area contributed by atoms with Crippen molar-refractivity contribution in [1.29, 1.82) is 0 Å². The van der Waals surface area contributed by atoms with Gasteiger partial charge in [0.2, 0.25) is 0 Å². The quantitative estimate of drug-likeness (QED) is 0.328. The van der Waals surface area contributed by atoms with Crippen LogP contribution in [0.25, 0.3) is 10.2 Å². The number of benzene rings is 2. The largest absolute Gasteiger partial charge is 0.496 e. The summed E-state index contributed by atoms with van der Waals surface area (Å²) in [6.45, 7) is 4.64. The van der Waals surface area contributed by atoms with Crippen LogP contribution in [0.4, 0.5) is 0 Å². The zero-order chi connectivity index (χ0) is 24.2. The van der Waals surface area contributed by atoms with Gasteiger partial charge in [-0.15, -0.1) is 11.3 Å². The lowest BCUT2D eigenvalue weighted by molar-refractivity contribution is 0.0938. The molecule has 0 spiro atoms. The Morgan fingerprint density at radius 2 is 1.85 bits per heavy atom. The van der Waals surface area contributed by atoms with Crippen molar-refractivity contribution < 1.29 is 9.53 Å². The van der Waals surface area contributed by atoms with E-state index < -0.39 is 0 Å². The van der Waals surface area contributed by atoms with Gasteiger partial charge in [-0.3, -0.25) is 4.79 Å². The van der Waals surface area contributed by atoms with Crippen molar-refractivity contribution in [2.75, 3.05) is 27.7 Å². The maximum atomic E-state index is 13.3. The Bertz CT molecular complexity index is 1320. The van der Waals surface area contributed by atoms with Gasteiger partial charge in [0.05, 0.1) is 18.7 Å². The van der Waals surface area contributed by atoms with Crippen LogP contribution in [0.2, 0.25) is 0 Å². The van der Waals surface area contributed by atoms with E-state index in [2.05, 4.69) is 34.0 Å². The van der Waals surface area contributed by atoms with Crippen molar-refractivity contribution in [2.24, 2.45) is 0 Å². The number of carbonyl (C=O) groups is 1. The third kappa shape index (κ3) is 4.94. The van der Waals surface area contributed by atoms with Gasteiger partial charge in [-0.05, 0) is 51.7 Å². The molecule has 0 fully saturated rings. The fraction of sp³-hybridized carbons (Fsp3) is 0.269. The number of likely N-dealkylation sites (N-methyl/N-ethyl adjacent to an activating group) is 1. The monoisotopic (exact) mass is 492 g/mol. The second-order valence-corrected chi connectivity index (χ2v) is 10.4. The van der Waals surface area contributed by atoms with E-state index in [1.54, 1.807) is 24.8 Å². The first-order valence-corrected chi connectivity index (χ1v) is 12.6. The van der Waals surface area contributed by atoms with Gasteiger partial charge in [-0.25, -0.2) is 9.97 Å². The molecule has 0 saturated carbocycles. The maximum Gasteiger partial charge on any atom is 0.252 e. The van der Waals surface area contributed by atoms with E-state index in [9.17, 15) is 4.79 Å². The molecule has 34 heavy (non-hydrogen) atoms. The van der Waals surface area contributed by atoms with E-state index in [1.165, 1.54) is 22.2 Å². The number of thiophene rings is 1. The molecule has 176 valence electrons. The minimum absolute atomic E-state index is 0.0298. The zero-order valence-corrected chi connectivity index (χ0v) is 21.6. The Labute approximate surface area is 208 Å². The van der Waals surface area contributed by atoms with Crippen LogP contribution < -0.4 is 10.1 Å². The topological polar surface area (TPSA) is 67.3 Å². The molecular weight excluding hydrogens is 464 g/mol. The summed E-state index contributed by atoms with van der Waals surface area (Å²) in [7, 11) is 5.66. The van der Waals surface area contributed by atoms with Gasteiger partial charge in [0.15, 0.2) is 0 Å². The second-order valence-electron chi connectivity index (χ2n) is 8.17. The lowest BCUT2D eigenvalue weighted by atomic mass is 10.0. The maximum absolute atomic E-state index is 13.3. The number of rotatable bonds is 8. The Kier molecular flexibility index (Phi) is 7.50. The molecule has 0 saturated heterocycles. The molecule has 4 rings (SSSR count). The third-order valence-electron chi connectivity index (χ3n) is 5.85. The first-order chi connectivity index (χ1) is 16.4. The number of hydrogen-bond donors (Lipinski definition) is 1. The molecule has 0 radical (unpaired) electrons. The molecule has 2 heterocycles. The Balaban J connectivity index is 1.58. The molecule has 4 aromatic rings. The molecule has 0 aliphatic carbocycles. The number of hydrogen-bond acceptors (Lipinski definition) is 7. The molecule has 1 N–H and O–H groups in total. The number of amides is 1. The summed E-state index contributed by atoms with van der Waals surface area (Å²) in [6.07, 6.45) is 1.59. The second kappa shape index (κ2) is 10.5. The molecule has 1 unspecified atom stereocenters. The average Bonchev–Trinajstić information content (AvgIpc) is 3.13. The van der Waals surface area contributed by atoms with E-state index in [0.29, 0.717) is 12.1 Å². The summed E-state index contributed by atoms with van der Waals surface area (Å²) in [6, 6.07) is 15.5. The van der Waals surface area contributed by atoms with Gasteiger partial charge in [0.1, 0.15) is 21.9 Å². The number of methoxy groups -OCH3 is 1. The van der Waals surface area contributed by atoms with Crippen molar-refractivity contribution in [3.63, 3.8) is 0 Å². The number of para-hydroxylation sites is 1. The lowest BCUT2D eigenvalue weighted by Crippen LogP contribution is -2.35. The smallest absolute Gasteiger partial charge is 0.252 e. The summed E-state index contributed by atoms with van der Waals surface area (Å²) in [5.74, 6) is 0.689. The van der Waals surface area contributed by atoms with Crippen LogP contribution in [-0.4, -0.2) is 48.5 Å². The van der Waals surface area contributed by atoms with Crippen molar-refractivity contribution in [2.45, 2.75) is 29.8 Å². The molecule has 2 aromatic heterocycles. The summed E-state index contributed by atoms with van der Waals surface area (Å²) >= 11 is 3.18. The van der Waals surface area contributed by atoms with E-state index in [-0.39, 0.29) is 11.9 Å². The van der Waals surface area contributed by atoms with E-state index in [0.717, 1.165) is 31.5 Å². The number of ether oxygens (including phenoxy) is 1. The van der Waals surface area contributed by atoms with Crippen LogP contribution in [-0.2, 0) is 0 Å². The van der Waals surface area contributed by atoms with Crippen LogP contribution in [0.3, 0.4) is 0 Å². The SMILES string of the molecule is COc1ccccc1C(CNC(=O)c1ccccc1Sc1ncnc2sc(C)c(C)c12)N(C)C. The molecule has 0 aliphatic rings. The minimum atomic E-state index is -0.117. The number of aromatic nitrogens is 2. The molecular formula is C26H28N4O2S2. The van der Waals surface area contributed by atoms with Gasteiger partial charge < -0.3 is 15.0 Å². The fourth-order valence-electron chi connectivity index (χ4n) is 3.87. The van der Waals surface area contributed by atoms with Crippen LogP contribution >= 0.6 is 23.1 Å². The standard InChI is InChI=1S/C26H28N4O2S2/c1-16-17(2)33-25-23(16)26(29-15-28-25)34-22-13-9-7-11-19(22)24(31)27-14-20(30(3)4)18-10-6-8-12-21(18)32-5/h6-13,15,20H,14H2,1-5H3,(H,27,31). The number of carbonyl (C=O) groups excluding carboxylic acids is 1. The summed E-state index contributed by atoms with van der Waals surface area (Å²) in [5.41, 5.74) is 2.85. The van der Waals surface area contributed by atoms with Gasteiger partial charge in [0, 0.05) is 27.3 Å². The normalized spacial score (nSPS) is 12.2. The molecule has 6 nitrogen and oxygen atoms in total. The van der Waals surface area contributed by atoms with Crippen molar-refractivity contribution >= 4 is 39.2 Å². The number of nitrogens with zero attached hydrogens (tertiary/aromatic N) is 3. The van der Waals surface area contributed by atoms with Crippen molar-refractivity contribution in [3.05, 3.63) is 76.4 Å². The predicted octanol–water partition coefficient (Wildman–Crippen LogP) is 5.50. The van der Waals surface area contributed by atoms with E-state index in [4.69, 9.17) is 4.74 Å². The molecule has 1 amide bonds. The molecule has 0 bridgehead atoms. The average molecular weight is 493 g/mol. The highest BCUT2D eigenvalue weighted by Crippen LogP contribution is 2.38. The fourth-order valence-corrected chi connectivity index (χ4v) is 6.01. The van der Waals surface area contributed by atoms with E-state index in [1.807, 2.05) is 62.6 Å². The van der Waals surface area contributed by atoms with Gasteiger partial charge in [0.25, 0.3) is 5.91 Å². The minimum Gasteiger partial charge on any atom is -0.496 e. The molecule has 0 aliphatic heterocycles. The third-order valence-corrected chi connectivity index (χ3v) is 8.04. The Hall–Kier alpha value is -2.94. The molecule has 2 aromatic carbocycles. The Morgan fingerprint density at radius 3 is 2.62 bits per heavy atom. The van der Waals surface area contributed by atoms with Crippen LogP contribution in [0.15, 0.2) is 64.8 Å². The van der Waals surface area contributed by atoms with Gasteiger partial charge in [-0.1, -0.05) is 42.1 Å². The molecule has 1 atom stereocenters. The lowest BCUT2D eigenvalue weighted by Gasteiger charge is -2.26. The van der Waals surface area contributed by atoms with Crippen molar-refractivity contribution in [3.8, 4) is 5.75 Å². The van der Waals surface area contributed by atoms with Crippen LogP contribution in [0.1, 0.15) is 32.4 Å². The van der Waals surface area contributed by atoms with Gasteiger partial charge >= 0.3 is 0 Å².